The van der Waals surface area contributed by atoms with E-state index in [1.807, 2.05) is 18.2 Å². The molecule has 7 nitrogen and oxygen atoms in total. The van der Waals surface area contributed by atoms with Crippen molar-refractivity contribution in [1.82, 2.24) is 9.88 Å². The number of carbonyl (C=O) groups excluding carboxylic acids is 1. The Morgan fingerprint density at radius 3 is 2.54 bits per heavy atom. The molecule has 1 aliphatic rings. The summed E-state index contributed by atoms with van der Waals surface area (Å²) in [5.74, 6) is 0.205. The number of hydrogen-bond donors (Lipinski definition) is 2. The summed E-state index contributed by atoms with van der Waals surface area (Å²) >= 11 is 12.9. The minimum Gasteiger partial charge on any atom is -0.406 e. The molecule has 0 saturated heterocycles. The fraction of sp³-hybridized carbons (Fsp3) is 0.115. The van der Waals surface area contributed by atoms with E-state index in [0.717, 1.165) is 34.4 Å². The first-order valence-corrected chi connectivity index (χ1v) is 12.9. The molecule has 0 atom stereocenters. The van der Waals surface area contributed by atoms with Gasteiger partial charge in [0.25, 0.3) is 0 Å². The lowest BCUT2D eigenvalue weighted by atomic mass is 9.87. The highest BCUT2D eigenvalue weighted by Crippen LogP contribution is 2.39. The van der Waals surface area contributed by atoms with Gasteiger partial charge in [-0.15, -0.1) is 13.2 Å². The number of nitrogens with zero attached hydrogens (tertiary/aromatic N) is 2. The molecule has 5 rings (SSSR count). The van der Waals surface area contributed by atoms with Crippen LogP contribution in [0.25, 0.3) is 22.6 Å². The zero-order valence-electron chi connectivity index (χ0n) is 19.7. The first-order chi connectivity index (χ1) is 18.7. The molecule has 0 radical (unpaired) electrons. The Morgan fingerprint density at radius 2 is 1.82 bits per heavy atom. The number of anilines is 1. The van der Waals surface area contributed by atoms with Crippen molar-refractivity contribution >= 4 is 53.3 Å². The van der Waals surface area contributed by atoms with Crippen LogP contribution in [0.2, 0.25) is 10.0 Å². The lowest BCUT2D eigenvalue weighted by molar-refractivity contribution is -0.274. The number of benzene rings is 3. The van der Waals surface area contributed by atoms with E-state index in [9.17, 15) is 18.0 Å². The Morgan fingerprint density at radius 1 is 1.08 bits per heavy atom. The van der Waals surface area contributed by atoms with Crippen molar-refractivity contribution in [3.8, 4) is 28.3 Å². The number of nitrogens with one attached hydrogen (secondary N) is 2. The number of hydrogen-bond acceptors (Lipinski definition) is 6. The molecule has 13 heteroatoms. The van der Waals surface area contributed by atoms with Crippen molar-refractivity contribution in [3.05, 3.63) is 87.4 Å². The summed E-state index contributed by atoms with van der Waals surface area (Å²) in [6.45, 7) is 0. The van der Waals surface area contributed by atoms with Crippen molar-refractivity contribution in [3.63, 3.8) is 0 Å². The van der Waals surface area contributed by atoms with Crippen LogP contribution < -0.4 is 14.8 Å². The summed E-state index contributed by atoms with van der Waals surface area (Å²) < 4.78 is 53.5. The van der Waals surface area contributed by atoms with Gasteiger partial charge in [0.15, 0.2) is 5.76 Å². The van der Waals surface area contributed by atoms with Crippen LogP contribution in [-0.4, -0.2) is 23.8 Å². The summed E-state index contributed by atoms with van der Waals surface area (Å²) in [6.07, 6.45) is -1.79. The van der Waals surface area contributed by atoms with E-state index >= 15 is 0 Å². The molecule has 0 unspecified atom stereocenters. The third-order valence-electron chi connectivity index (χ3n) is 5.76. The molecule has 0 bridgehead atoms. The third kappa shape index (κ3) is 6.32. The predicted octanol–water partition coefficient (Wildman–Crippen LogP) is 8.12. The number of alkyl halides is 3. The lowest BCUT2D eigenvalue weighted by Crippen LogP contribution is -2.22. The molecule has 3 aromatic carbocycles. The third-order valence-corrected chi connectivity index (χ3v) is 6.88. The lowest BCUT2D eigenvalue weighted by Gasteiger charge is -2.15. The Labute approximate surface area is 234 Å². The number of fused-ring (bicyclic) bond motifs is 3. The van der Waals surface area contributed by atoms with Gasteiger partial charge in [-0.25, -0.2) is 9.19 Å². The maximum atomic E-state index is 12.4. The number of amides is 2. The molecule has 1 heterocycles. The van der Waals surface area contributed by atoms with E-state index in [0.29, 0.717) is 45.6 Å². The fourth-order valence-electron chi connectivity index (χ4n) is 4.09. The largest absolute Gasteiger partial charge is 0.573 e. The van der Waals surface area contributed by atoms with Gasteiger partial charge in [-0.1, -0.05) is 46.6 Å². The van der Waals surface area contributed by atoms with Gasteiger partial charge in [0.05, 0.1) is 27.9 Å². The minimum absolute atomic E-state index is 0.306. The Bertz CT molecular complexity index is 1540. The quantitative estimate of drug-likeness (QED) is 0.174. The van der Waals surface area contributed by atoms with Crippen molar-refractivity contribution in [1.29, 1.82) is 0 Å². The van der Waals surface area contributed by atoms with Crippen LogP contribution >= 0.6 is 35.3 Å². The van der Waals surface area contributed by atoms with Gasteiger partial charge in [0.1, 0.15) is 11.4 Å². The van der Waals surface area contributed by atoms with Gasteiger partial charge in [-0.2, -0.15) is 0 Å². The van der Waals surface area contributed by atoms with Crippen molar-refractivity contribution in [2.75, 3.05) is 5.32 Å². The van der Waals surface area contributed by atoms with Crippen LogP contribution in [0, 0.1) is 0 Å². The summed E-state index contributed by atoms with van der Waals surface area (Å²) in [4.78, 5) is 12.1. The number of aryl methyl sites for hydroxylation is 1. The molecule has 2 N–H and O–H groups in total. The minimum atomic E-state index is -4.75. The van der Waals surface area contributed by atoms with Crippen molar-refractivity contribution in [2.24, 2.45) is 4.40 Å². The Hall–Kier alpha value is -3.67. The predicted molar refractivity (Wildman–Crippen MR) is 145 cm³/mol. The molecular weight excluding hydrogens is 576 g/mol. The smallest absolute Gasteiger partial charge is 0.406 e. The molecule has 1 aliphatic carbocycles. The van der Waals surface area contributed by atoms with Crippen LogP contribution in [0.1, 0.15) is 16.7 Å². The van der Waals surface area contributed by atoms with Crippen LogP contribution in [0.3, 0.4) is 0 Å². The second-order valence-electron chi connectivity index (χ2n) is 8.31. The average Bonchev–Trinajstić information content (AvgIpc) is 3.33. The summed E-state index contributed by atoms with van der Waals surface area (Å²) in [7, 11) is 0. The fourth-order valence-corrected chi connectivity index (χ4v) is 4.94. The van der Waals surface area contributed by atoms with Crippen molar-refractivity contribution in [2.45, 2.75) is 19.2 Å². The molecule has 4 aromatic rings. The standard InChI is InChI=1S/C26H17Cl2F3N4O3S/c27-20-2-1-3-21(28)23(20)33-25(36)35-39-32-13-14-4-10-18-16(12-14)7-11-19-22(18)34-38-24(19)15-5-8-17(9-6-15)37-26(29,30)31/h1-6,8-10,12-13H,7,11H2,(H2,33,35,36). The van der Waals surface area contributed by atoms with E-state index < -0.39 is 12.4 Å². The van der Waals surface area contributed by atoms with Gasteiger partial charge in [0.2, 0.25) is 0 Å². The van der Waals surface area contributed by atoms with Gasteiger partial charge >= 0.3 is 12.4 Å². The number of carbonyl (C=O) groups is 1. The highest BCUT2D eigenvalue weighted by molar-refractivity contribution is 7.96. The summed E-state index contributed by atoms with van der Waals surface area (Å²) in [5, 5.41) is 7.44. The normalized spacial score (nSPS) is 12.6. The van der Waals surface area contributed by atoms with Crippen LogP contribution in [0.5, 0.6) is 5.75 Å². The maximum absolute atomic E-state index is 12.4. The van der Waals surface area contributed by atoms with E-state index in [2.05, 4.69) is 24.3 Å². The number of para-hydroxylation sites is 1. The molecule has 0 saturated carbocycles. The second kappa shape index (κ2) is 11.2. The van der Waals surface area contributed by atoms with E-state index in [1.165, 1.54) is 24.3 Å². The Balaban J connectivity index is 1.23. The van der Waals surface area contributed by atoms with E-state index in [4.69, 9.17) is 27.7 Å². The number of rotatable bonds is 6. The maximum Gasteiger partial charge on any atom is 0.573 e. The van der Waals surface area contributed by atoms with Crippen molar-refractivity contribution < 1.29 is 27.2 Å². The molecule has 0 spiro atoms. The molecule has 39 heavy (non-hydrogen) atoms. The zero-order chi connectivity index (χ0) is 27.6. The summed E-state index contributed by atoms with van der Waals surface area (Å²) in [6, 6.07) is 15.6. The molecular formula is C26H17Cl2F3N4O3S. The number of halogens is 5. The van der Waals surface area contributed by atoms with E-state index in [-0.39, 0.29) is 5.75 Å². The number of urea groups is 1. The highest BCUT2D eigenvalue weighted by Gasteiger charge is 2.31. The monoisotopic (exact) mass is 592 g/mol. The van der Waals surface area contributed by atoms with Gasteiger partial charge < -0.3 is 14.6 Å². The van der Waals surface area contributed by atoms with Crippen LogP contribution in [0.15, 0.2) is 69.6 Å². The van der Waals surface area contributed by atoms with Gasteiger partial charge in [-0.05, 0) is 66.4 Å². The first kappa shape index (κ1) is 26.9. The van der Waals surface area contributed by atoms with Crippen LogP contribution in [-0.2, 0) is 12.8 Å². The second-order valence-corrected chi connectivity index (χ2v) is 9.72. The van der Waals surface area contributed by atoms with Crippen LogP contribution in [0.4, 0.5) is 23.7 Å². The number of aromatic nitrogens is 1. The van der Waals surface area contributed by atoms with E-state index in [1.54, 1.807) is 24.4 Å². The SMILES string of the molecule is O=C(NSN=Cc1ccc2c(c1)CCc1c-2noc1-c1ccc(OC(F)(F)F)cc1)Nc1c(Cl)cccc1Cl. The molecule has 0 aliphatic heterocycles. The summed E-state index contributed by atoms with van der Waals surface area (Å²) in [5.41, 5.74) is 5.27. The highest BCUT2D eigenvalue weighted by atomic mass is 35.5. The number of ether oxygens (including phenoxy) is 1. The zero-order valence-corrected chi connectivity index (χ0v) is 22.0. The molecule has 1 aromatic heterocycles. The molecule has 0 fully saturated rings. The first-order valence-electron chi connectivity index (χ1n) is 11.4. The Kier molecular flexibility index (Phi) is 7.74. The average molecular weight is 593 g/mol. The van der Waals surface area contributed by atoms with Gasteiger partial charge in [0, 0.05) is 22.9 Å². The topological polar surface area (TPSA) is 88.8 Å². The molecule has 2 amide bonds. The van der Waals surface area contributed by atoms with Gasteiger partial charge in [-0.3, -0.25) is 4.72 Å². The molecule has 200 valence electrons.